The molecule has 2 aromatic carbocycles. The zero-order valence-electron chi connectivity index (χ0n) is 32.0. The molecule has 0 bridgehead atoms. The van der Waals surface area contributed by atoms with Gasteiger partial charge in [0.1, 0.15) is 0 Å². The number of hydrogen-bond acceptors (Lipinski definition) is 7. The van der Waals surface area contributed by atoms with Crippen LogP contribution >= 0.6 is 0 Å². The molecule has 6 heterocycles. The van der Waals surface area contributed by atoms with E-state index in [1.807, 2.05) is 12.1 Å². The molecular formula is C43H52N8O3. The van der Waals surface area contributed by atoms with E-state index in [2.05, 4.69) is 68.8 Å². The van der Waals surface area contributed by atoms with Crippen LogP contribution < -0.4 is 10.9 Å². The lowest BCUT2D eigenvalue weighted by Crippen LogP contribution is -2.38. The number of carbonyl (C=O) groups excluding carboxylic acids is 2. The van der Waals surface area contributed by atoms with E-state index >= 15 is 0 Å². The van der Waals surface area contributed by atoms with E-state index in [4.69, 9.17) is 14.9 Å². The minimum absolute atomic E-state index is 0.0312. The molecule has 54 heavy (non-hydrogen) atoms. The van der Waals surface area contributed by atoms with Crippen molar-refractivity contribution in [1.29, 1.82) is 0 Å². The minimum Gasteiger partial charge on any atom is -0.379 e. The largest absolute Gasteiger partial charge is 0.379 e. The monoisotopic (exact) mass is 728 g/mol. The molecular weight excluding hydrogens is 677 g/mol. The van der Waals surface area contributed by atoms with Crippen LogP contribution in [0.25, 0.3) is 21.8 Å². The van der Waals surface area contributed by atoms with Crippen molar-refractivity contribution < 1.29 is 14.3 Å². The number of likely N-dealkylation sites (tertiary alicyclic amines) is 1. The fraction of sp³-hybridized carbons (Fsp3) is 0.535. The molecule has 4 aliphatic heterocycles. The average Bonchev–Trinajstić information content (AvgIpc) is 3.53. The zero-order chi connectivity index (χ0) is 36.8. The van der Waals surface area contributed by atoms with Crippen LogP contribution in [0.1, 0.15) is 102 Å². The maximum absolute atomic E-state index is 14.0. The van der Waals surface area contributed by atoms with Crippen molar-refractivity contribution in [2.24, 2.45) is 21.0 Å². The first kappa shape index (κ1) is 34.2. The lowest BCUT2D eigenvalue weighted by atomic mass is 9.70. The highest BCUT2D eigenvalue weighted by molar-refractivity contribution is 6.22. The first-order chi connectivity index (χ1) is 26.1. The molecule has 10 rings (SSSR count). The Labute approximate surface area is 316 Å². The molecule has 6 aliphatic rings. The molecule has 11 nitrogen and oxygen atoms in total. The SMILES string of the molecule is CC1(C)CC2=NNC(=O)c3cc(CC4(C)CC5=NNC(=O)c6cccc7c6c5c(n7CCN5CCCCC5)C4)cc4c3c2c(n4CCN2CCOCC2)C1. The Hall–Kier alpha value is -4.32. The van der Waals surface area contributed by atoms with Crippen LogP contribution in [0, 0.1) is 10.8 Å². The Morgan fingerprint density at radius 2 is 1.31 bits per heavy atom. The third-order valence-corrected chi connectivity index (χ3v) is 13.1. The van der Waals surface area contributed by atoms with Crippen molar-refractivity contribution in [2.75, 3.05) is 52.5 Å². The van der Waals surface area contributed by atoms with Gasteiger partial charge in [0.2, 0.25) is 0 Å². The maximum Gasteiger partial charge on any atom is 0.272 e. The highest BCUT2D eigenvalue weighted by Crippen LogP contribution is 2.46. The van der Waals surface area contributed by atoms with E-state index in [9.17, 15) is 9.59 Å². The maximum atomic E-state index is 14.0. The Kier molecular flexibility index (Phi) is 8.16. The number of rotatable bonds is 8. The lowest BCUT2D eigenvalue weighted by Gasteiger charge is -2.36. The van der Waals surface area contributed by atoms with Crippen LogP contribution in [0.15, 0.2) is 40.5 Å². The highest BCUT2D eigenvalue weighted by atomic mass is 16.5. The van der Waals surface area contributed by atoms with Crippen molar-refractivity contribution in [3.8, 4) is 0 Å². The summed E-state index contributed by atoms with van der Waals surface area (Å²) in [7, 11) is 0. The number of aromatic nitrogens is 2. The minimum atomic E-state index is -0.200. The number of carbonyl (C=O) groups is 2. The molecule has 0 saturated carbocycles. The summed E-state index contributed by atoms with van der Waals surface area (Å²) in [5, 5.41) is 11.7. The van der Waals surface area contributed by atoms with Crippen LogP contribution in [0.3, 0.4) is 0 Å². The van der Waals surface area contributed by atoms with Crippen LogP contribution in [-0.4, -0.2) is 94.7 Å². The van der Waals surface area contributed by atoms with Gasteiger partial charge in [-0.05, 0) is 98.7 Å². The molecule has 2 fully saturated rings. The third-order valence-electron chi connectivity index (χ3n) is 13.1. The number of nitrogens with zero attached hydrogens (tertiary/aromatic N) is 6. The van der Waals surface area contributed by atoms with E-state index in [1.165, 1.54) is 30.7 Å². The molecule has 11 heteroatoms. The topological polar surface area (TPSA) is 108 Å². The van der Waals surface area contributed by atoms with Crippen LogP contribution in [0.2, 0.25) is 0 Å². The van der Waals surface area contributed by atoms with Gasteiger partial charge in [0.15, 0.2) is 0 Å². The molecule has 0 spiro atoms. The molecule has 2 saturated heterocycles. The van der Waals surface area contributed by atoms with Gasteiger partial charge in [-0.25, -0.2) is 10.9 Å². The molecule has 282 valence electrons. The number of hydrazone groups is 2. The van der Waals surface area contributed by atoms with Gasteiger partial charge in [-0.15, -0.1) is 0 Å². The van der Waals surface area contributed by atoms with E-state index in [0.717, 1.165) is 153 Å². The van der Waals surface area contributed by atoms with E-state index in [1.54, 1.807) is 0 Å². The summed E-state index contributed by atoms with van der Waals surface area (Å²) >= 11 is 0. The van der Waals surface area contributed by atoms with Crippen LogP contribution in [0.4, 0.5) is 0 Å². The van der Waals surface area contributed by atoms with Crippen LogP contribution in [-0.2, 0) is 37.1 Å². The Balaban J connectivity index is 1.07. The summed E-state index contributed by atoms with van der Waals surface area (Å²) in [6.45, 7) is 16.4. The Bertz CT molecular complexity index is 2280. The van der Waals surface area contributed by atoms with Gasteiger partial charge in [0, 0.05) is 78.1 Å². The van der Waals surface area contributed by atoms with Gasteiger partial charge >= 0.3 is 0 Å². The fourth-order valence-corrected chi connectivity index (χ4v) is 10.7. The molecule has 1 atom stereocenters. The lowest BCUT2D eigenvalue weighted by molar-refractivity contribution is 0.0364. The predicted octanol–water partition coefficient (Wildman–Crippen LogP) is 5.48. The molecule has 2 amide bonds. The second-order valence-electron chi connectivity index (χ2n) is 17.9. The second kappa shape index (κ2) is 12.9. The summed E-state index contributed by atoms with van der Waals surface area (Å²) in [4.78, 5) is 32.5. The molecule has 4 aromatic rings. The number of ether oxygens (including phenoxy) is 1. The van der Waals surface area contributed by atoms with Gasteiger partial charge in [-0.3, -0.25) is 14.5 Å². The van der Waals surface area contributed by atoms with E-state index in [-0.39, 0.29) is 22.6 Å². The van der Waals surface area contributed by atoms with E-state index < -0.39 is 0 Å². The van der Waals surface area contributed by atoms with Gasteiger partial charge in [-0.1, -0.05) is 33.3 Å². The first-order valence-corrected chi connectivity index (χ1v) is 20.2. The van der Waals surface area contributed by atoms with Gasteiger partial charge in [0.05, 0.1) is 41.3 Å². The standard InChI is InChI=1S/C43H52N8O3/c1-42(2)23-30-38-34(25-42)51(15-13-49-16-18-54-19-17-49)33-21-27(20-29(37(33)38)41(53)47-44-30)22-43(3)24-31-39-35(26-43)50(14-12-48-10-5-4-6-11-48)32-9-7-8-28(36(32)39)40(52)46-45-31/h7-9,20-21H,4-6,10-19,22-26H2,1-3H3,(H,46,52)(H,47,53). The quantitative estimate of drug-likeness (QED) is 0.250. The Morgan fingerprint density at radius 1 is 0.685 bits per heavy atom. The van der Waals surface area contributed by atoms with Gasteiger partial charge in [0.25, 0.3) is 11.8 Å². The van der Waals surface area contributed by atoms with Crippen molar-refractivity contribution in [1.82, 2.24) is 29.8 Å². The molecule has 2 aliphatic carbocycles. The summed E-state index contributed by atoms with van der Waals surface area (Å²) in [6, 6.07) is 10.7. The second-order valence-corrected chi connectivity index (χ2v) is 17.9. The summed E-state index contributed by atoms with van der Waals surface area (Å²) < 4.78 is 10.7. The number of nitrogens with one attached hydrogen (secondary N) is 2. The first-order valence-electron chi connectivity index (χ1n) is 20.2. The Morgan fingerprint density at radius 3 is 2.06 bits per heavy atom. The van der Waals surface area contributed by atoms with Gasteiger partial charge in [-0.2, -0.15) is 10.2 Å². The average molecular weight is 729 g/mol. The number of amides is 2. The van der Waals surface area contributed by atoms with Crippen molar-refractivity contribution in [3.63, 3.8) is 0 Å². The van der Waals surface area contributed by atoms with E-state index in [0.29, 0.717) is 5.56 Å². The van der Waals surface area contributed by atoms with Crippen molar-refractivity contribution in [2.45, 2.75) is 85.2 Å². The summed E-state index contributed by atoms with van der Waals surface area (Å²) in [5.41, 5.74) is 17.4. The van der Waals surface area contributed by atoms with Crippen molar-refractivity contribution in [3.05, 3.63) is 69.5 Å². The summed E-state index contributed by atoms with van der Waals surface area (Å²) in [5.74, 6) is -0.273. The zero-order valence-corrected chi connectivity index (χ0v) is 32.0. The predicted molar refractivity (Wildman–Crippen MR) is 212 cm³/mol. The molecule has 2 N–H and O–H groups in total. The molecule has 2 aromatic heterocycles. The molecule has 0 radical (unpaired) electrons. The number of hydrogen-bond donors (Lipinski definition) is 2. The summed E-state index contributed by atoms with van der Waals surface area (Å²) in [6.07, 6.45) is 7.98. The number of benzene rings is 2. The number of morpholine rings is 1. The number of piperidine rings is 1. The van der Waals surface area contributed by atoms with Crippen molar-refractivity contribution >= 4 is 45.0 Å². The normalized spacial score (nSPS) is 23.8. The smallest absolute Gasteiger partial charge is 0.272 e. The van der Waals surface area contributed by atoms with Crippen LogP contribution in [0.5, 0.6) is 0 Å². The van der Waals surface area contributed by atoms with Gasteiger partial charge < -0.3 is 18.8 Å². The third kappa shape index (κ3) is 5.73. The fourth-order valence-electron chi connectivity index (χ4n) is 10.7. The molecule has 1 unspecified atom stereocenters. The highest BCUT2D eigenvalue weighted by Gasteiger charge is 2.41.